The van der Waals surface area contributed by atoms with Gasteiger partial charge in [0.25, 0.3) is 0 Å². The molecule has 0 aliphatic heterocycles. The summed E-state index contributed by atoms with van der Waals surface area (Å²) in [6.07, 6.45) is 5.65. The minimum Gasteiger partial charge on any atom is -0.492 e. The summed E-state index contributed by atoms with van der Waals surface area (Å²) in [4.78, 5) is 12.3. The summed E-state index contributed by atoms with van der Waals surface area (Å²) >= 11 is 6.52. The number of H-pyrrole nitrogens is 1. The van der Waals surface area contributed by atoms with E-state index in [4.69, 9.17) is 21.1 Å². The highest BCUT2D eigenvalue weighted by atomic mass is 35.5. The monoisotopic (exact) mass is 452 g/mol. The number of aryl methyl sites for hydroxylation is 1. The first-order valence-electron chi connectivity index (χ1n) is 11.2. The van der Waals surface area contributed by atoms with Crippen LogP contribution < -0.4 is 14.8 Å². The van der Waals surface area contributed by atoms with E-state index >= 15 is 0 Å². The van der Waals surface area contributed by atoms with E-state index in [-0.39, 0.29) is 0 Å². The van der Waals surface area contributed by atoms with E-state index in [0.717, 1.165) is 64.7 Å². The number of unbranched alkanes of at least 4 members (excludes halogenated alkanes) is 2. The molecule has 0 saturated heterocycles. The molecule has 4 rings (SSSR count). The second-order valence-corrected chi connectivity index (χ2v) is 8.31. The number of anilines is 2. The summed E-state index contributed by atoms with van der Waals surface area (Å²) in [5.74, 6) is 1.35. The van der Waals surface area contributed by atoms with Crippen molar-refractivity contribution in [1.82, 2.24) is 15.0 Å². The minimum atomic E-state index is 0.546. The highest BCUT2D eigenvalue weighted by molar-refractivity contribution is 6.32. The summed E-state index contributed by atoms with van der Waals surface area (Å²) in [5.41, 5.74) is 5.45. The van der Waals surface area contributed by atoms with Crippen LogP contribution in [-0.4, -0.2) is 28.2 Å². The summed E-state index contributed by atoms with van der Waals surface area (Å²) in [6.45, 7) is 7.55. The van der Waals surface area contributed by atoms with Gasteiger partial charge >= 0.3 is 0 Å². The molecule has 0 radical (unpaired) electrons. The van der Waals surface area contributed by atoms with E-state index in [1.54, 1.807) is 6.33 Å². The number of imidazole rings is 1. The average molecular weight is 453 g/mol. The van der Waals surface area contributed by atoms with Crippen LogP contribution in [0.1, 0.15) is 45.2 Å². The molecule has 0 aliphatic carbocycles. The van der Waals surface area contributed by atoms with Gasteiger partial charge in [-0.1, -0.05) is 38.3 Å². The van der Waals surface area contributed by atoms with Gasteiger partial charge in [0.15, 0.2) is 0 Å². The Morgan fingerprint density at radius 2 is 1.69 bits per heavy atom. The lowest BCUT2D eigenvalue weighted by Crippen LogP contribution is -2.04. The maximum Gasteiger partial charge on any atom is 0.144 e. The van der Waals surface area contributed by atoms with Gasteiger partial charge in [0, 0.05) is 28.7 Å². The second kappa shape index (κ2) is 10.1. The standard InChI is InChI=1S/C25H29ClN4O2/c1-4-6-10-31-22-14-20(23(13-17(22)26)32-11-7-5-2)30-21-12-16(3)29-18-8-9-19-25(24(18)21)28-15-27-19/h8-9,12-15,29-30H,4-7,10-11H2,1-3H3. The van der Waals surface area contributed by atoms with Crippen molar-refractivity contribution in [3.8, 4) is 11.5 Å². The van der Waals surface area contributed by atoms with Crippen molar-refractivity contribution in [3.05, 3.63) is 47.4 Å². The second-order valence-electron chi connectivity index (χ2n) is 7.90. The molecule has 0 amide bonds. The number of nitrogens with one attached hydrogen (secondary N) is 2. The third kappa shape index (κ3) is 4.75. The normalized spacial score (nSPS) is 11.2. The number of pyridine rings is 1. The molecule has 2 heterocycles. The SMILES string of the molecule is CCCCOc1cc(Nc2cc(C)[nH]c3ccc4ncnc4c23)c(OCCCC)cc1Cl. The summed E-state index contributed by atoms with van der Waals surface area (Å²) < 4.78 is 12.0. The molecule has 32 heavy (non-hydrogen) atoms. The Balaban J connectivity index is 1.78. The number of benzene rings is 2. The molecule has 2 aromatic carbocycles. The molecule has 0 unspecified atom stereocenters. The van der Waals surface area contributed by atoms with Crippen LogP contribution in [0.2, 0.25) is 5.02 Å². The van der Waals surface area contributed by atoms with E-state index in [2.05, 4.69) is 40.2 Å². The smallest absolute Gasteiger partial charge is 0.144 e. The zero-order valence-corrected chi connectivity index (χ0v) is 19.6. The molecular weight excluding hydrogens is 424 g/mol. The van der Waals surface area contributed by atoms with Crippen LogP contribution in [0, 0.1) is 6.92 Å². The third-order valence-corrected chi connectivity index (χ3v) is 5.61. The lowest BCUT2D eigenvalue weighted by atomic mass is 10.1. The van der Waals surface area contributed by atoms with E-state index in [9.17, 15) is 0 Å². The number of aromatic amines is 1. The molecule has 0 atom stereocenters. The number of hydrogen-bond donors (Lipinski definition) is 2. The van der Waals surface area contributed by atoms with Gasteiger partial charge < -0.3 is 19.8 Å². The highest BCUT2D eigenvalue weighted by Crippen LogP contribution is 2.40. The fourth-order valence-corrected chi connectivity index (χ4v) is 3.85. The van der Waals surface area contributed by atoms with Gasteiger partial charge in [-0.3, -0.25) is 0 Å². The van der Waals surface area contributed by atoms with Crippen LogP contribution in [0.3, 0.4) is 0 Å². The Kier molecular flexibility index (Phi) is 7.00. The maximum atomic E-state index is 6.52. The average Bonchev–Trinajstić information content (AvgIpc) is 3.25. The first-order valence-corrected chi connectivity index (χ1v) is 11.6. The molecule has 2 N–H and O–H groups in total. The number of fused-ring (bicyclic) bond motifs is 3. The molecule has 168 valence electrons. The van der Waals surface area contributed by atoms with Crippen molar-refractivity contribution < 1.29 is 9.47 Å². The molecule has 7 heteroatoms. The number of halogens is 1. The zero-order chi connectivity index (χ0) is 22.5. The number of rotatable bonds is 10. The molecule has 0 aliphatic rings. The van der Waals surface area contributed by atoms with Gasteiger partial charge in [-0.25, -0.2) is 9.97 Å². The summed E-state index contributed by atoms with van der Waals surface area (Å²) in [6, 6.07) is 9.84. The van der Waals surface area contributed by atoms with E-state index < -0.39 is 0 Å². The molecule has 6 nitrogen and oxygen atoms in total. The first kappa shape index (κ1) is 22.2. The number of hydrogen-bond acceptors (Lipinski definition) is 5. The van der Waals surface area contributed by atoms with Gasteiger partial charge in [0.1, 0.15) is 23.3 Å². The van der Waals surface area contributed by atoms with Crippen molar-refractivity contribution in [2.75, 3.05) is 18.5 Å². The van der Waals surface area contributed by atoms with Crippen LogP contribution in [0.5, 0.6) is 11.5 Å². The summed E-state index contributed by atoms with van der Waals surface area (Å²) in [5, 5.41) is 5.10. The molecular formula is C25H29ClN4O2. The van der Waals surface area contributed by atoms with Crippen LogP contribution in [-0.2, 0) is 0 Å². The predicted molar refractivity (Wildman–Crippen MR) is 132 cm³/mol. The molecule has 2 aromatic heterocycles. The lowest BCUT2D eigenvalue weighted by molar-refractivity contribution is 0.302. The maximum absolute atomic E-state index is 6.52. The Labute approximate surface area is 193 Å². The predicted octanol–water partition coefficient (Wildman–Crippen LogP) is 7.17. The Morgan fingerprint density at radius 1 is 0.938 bits per heavy atom. The van der Waals surface area contributed by atoms with Gasteiger partial charge in [-0.05, 0) is 38.0 Å². The molecule has 0 fully saturated rings. The van der Waals surface area contributed by atoms with Crippen LogP contribution in [0.4, 0.5) is 11.4 Å². The molecule has 0 saturated carbocycles. The topological polar surface area (TPSA) is 72.1 Å². The summed E-state index contributed by atoms with van der Waals surface area (Å²) in [7, 11) is 0. The lowest BCUT2D eigenvalue weighted by Gasteiger charge is -2.18. The van der Waals surface area contributed by atoms with Crippen LogP contribution >= 0.6 is 11.6 Å². The molecule has 0 bridgehead atoms. The van der Waals surface area contributed by atoms with Crippen molar-refractivity contribution in [3.63, 3.8) is 0 Å². The van der Waals surface area contributed by atoms with Gasteiger partial charge in [-0.2, -0.15) is 0 Å². The molecule has 4 aromatic rings. The third-order valence-electron chi connectivity index (χ3n) is 5.32. The highest BCUT2D eigenvalue weighted by Gasteiger charge is 2.15. The fraction of sp³-hybridized carbons (Fsp3) is 0.360. The number of ether oxygens (including phenoxy) is 2. The van der Waals surface area contributed by atoms with Crippen molar-refractivity contribution >= 4 is 44.9 Å². The zero-order valence-electron chi connectivity index (χ0n) is 18.8. The Bertz CT molecular complexity index is 1220. The van der Waals surface area contributed by atoms with E-state index in [1.165, 1.54) is 0 Å². The van der Waals surface area contributed by atoms with Crippen molar-refractivity contribution in [2.45, 2.75) is 46.5 Å². The van der Waals surface area contributed by atoms with Crippen LogP contribution in [0.15, 0.2) is 36.7 Å². The first-order chi connectivity index (χ1) is 15.6. The van der Waals surface area contributed by atoms with Crippen molar-refractivity contribution in [2.24, 2.45) is 0 Å². The Morgan fingerprint density at radius 3 is 2.44 bits per heavy atom. The number of aromatic nitrogens is 3. The minimum absolute atomic E-state index is 0.546. The Hall–Kier alpha value is -2.99. The molecule has 0 spiro atoms. The largest absolute Gasteiger partial charge is 0.492 e. The van der Waals surface area contributed by atoms with Crippen LogP contribution in [0.25, 0.3) is 21.9 Å². The van der Waals surface area contributed by atoms with E-state index in [1.807, 2.05) is 31.2 Å². The van der Waals surface area contributed by atoms with E-state index in [0.29, 0.717) is 29.7 Å². The van der Waals surface area contributed by atoms with Crippen molar-refractivity contribution in [1.29, 1.82) is 0 Å². The fourth-order valence-electron chi connectivity index (χ4n) is 3.64. The van der Waals surface area contributed by atoms with Gasteiger partial charge in [0.2, 0.25) is 0 Å². The van der Waals surface area contributed by atoms with Gasteiger partial charge in [0.05, 0.1) is 35.1 Å². The quantitative estimate of drug-likeness (QED) is 0.249. The number of nitrogens with zero attached hydrogens (tertiary/aromatic N) is 2. The van der Waals surface area contributed by atoms with Gasteiger partial charge in [-0.15, -0.1) is 0 Å².